The van der Waals surface area contributed by atoms with E-state index >= 15 is 0 Å². The van der Waals surface area contributed by atoms with Crippen LogP contribution in [-0.2, 0) is 24.7 Å². The maximum Gasteiger partial charge on any atom is 0.416 e. The van der Waals surface area contributed by atoms with Crippen molar-refractivity contribution in [2.45, 2.75) is 38.5 Å². The first-order chi connectivity index (χ1) is 18.4. The molecule has 3 heterocycles. The predicted molar refractivity (Wildman–Crippen MR) is 133 cm³/mol. The van der Waals surface area contributed by atoms with Crippen molar-refractivity contribution in [3.8, 4) is 0 Å². The van der Waals surface area contributed by atoms with E-state index in [9.17, 15) is 27.2 Å². The topological polar surface area (TPSA) is 95.9 Å². The predicted octanol–water partition coefficient (Wildman–Crippen LogP) is 5.00. The van der Waals surface area contributed by atoms with E-state index in [4.69, 9.17) is 0 Å². The number of halogens is 4. The number of nitrogens with zero attached hydrogens (tertiary/aromatic N) is 4. The second-order valence-corrected chi connectivity index (χ2v) is 10.0. The lowest BCUT2D eigenvalue weighted by molar-refractivity contribution is -0.137. The van der Waals surface area contributed by atoms with Gasteiger partial charge in [0.25, 0.3) is 11.8 Å². The molecule has 0 saturated heterocycles. The van der Waals surface area contributed by atoms with E-state index in [-0.39, 0.29) is 30.4 Å². The fraction of sp³-hybridized carbons (Fsp3) is 0.259. The Kier molecular flexibility index (Phi) is 6.49. The number of rotatable bonds is 5. The summed E-state index contributed by atoms with van der Waals surface area (Å²) in [5, 5.41) is 13.7. The molecule has 4 aromatic rings. The molecule has 2 N–H and O–H groups in total. The number of aromatic nitrogens is 4. The standard InChI is InChI=1S/C27H24F4N6O2/c1-26(2)15-36(25(39)17-11-32-33-12-17)14-21-22(24(38)34-20-5-3-4-19(28)10-20)35-37(23(21)26)13-16-6-8-18(9-7-16)27(29,30)31/h3-12H,13-15H2,1-2H3,(H,32,33)(H,34,38). The van der Waals surface area contributed by atoms with Crippen molar-refractivity contribution in [1.82, 2.24) is 24.9 Å². The summed E-state index contributed by atoms with van der Waals surface area (Å²) >= 11 is 0. The molecule has 8 nitrogen and oxygen atoms in total. The summed E-state index contributed by atoms with van der Waals surface area (Å²) in [5.74, 6) is -1.41. The molecule has 5 rings (SSSR count). The van der Waals surface area contributed by atoms with Crippen LogP contribution in [0.1, 0.15) is 57.1 Å². The van der Waals surface area contributed by atoms with Crippen LogP contribution < -0.4 is 5.32 Å². The zero-order valence-electron chi connectivity index (χ0n) is 21.0. The van der Waals surface area contributed by atoms with E-state index < -0.39 is 28.9 Å². The Morgan fingerprint density at radius 1 is 1.13 bits per heavy atom. The number of amides is 2. The average molecular weight is 541 g/mol. The van der Waals surface area contributed by atoms with Crippen LogP contribution in [0.3, 0.4) is 0 Å². The van der Waals surface area contributed by atoms with Crippen LogP contribution in [0, 0.1) is 5.82 Å². The first-order valence-corrected chi connectivity index (χ1v) is 12.0. The average Bonchev–Trinajstić information content (AvgIpc) is 3.52. The van der Waals surface area contributed by atoms with Crippen molar-refractivity contribution in [2.75, 3.05) is 11.9 Å². The van der Waals surface area contributed by atoms with Crippen molar-refractivity contribution < 1.29 is 27.2 Å². The van der Waals surface area contributed by atoms with Crippen molar-refractivity contribution in [2.24, 2.45) is 0 Å². The first kappa shape index (κ1) is 26.1. The Morgan fingerprint density at radius 3 is 2.51 bits per heavy atom. The van der Waals surface area contributed by atoms with Gasteiger partial charge in [-0.25, -0.2) is 4.39 Å². The fourth-order valence-electron chi connectivity index (χ4n) is 4.92. The van der Waals surface area contributed by atoms with E-state index in [1.54, 1.807) is 9.58 Å². The molecule has 2 aromatic heterocycles. The zero-order valence-corrected chi connectivity index (χ0v) is 21.0. The van der Waals surface area contributed by atoms with E-state index in [0.29, 0.717) is 28.9 Å². The minimum absolute atomic E-state index is 0.0407. The summed E-state index contributed by atoms with van der Waals surface area (Å²) < 4.78 is 54.5. The normalized spacial score (nSPS) is 14.7. The Bertz CT molecular complexity index is 1520. The Hall–Kier alpha value is -4.48. The maximum absolute atomic E-state index is 13.7. The number of benzene rings is 2. The van der Waals surface area contributed by atoms with Crippen LogP contribution >= 0.6 is 0 Å². The van der Waals surface area contributed by atoms with Crippen LogP contribution in [0.15, 0.2) is 60.9 Å². The lowest BCUT2D eigenvalue weighted by atomic mass is 9.81. The van der Waals surface area contributed by atoms with Crippen LogP contribution in [0.25, 0.3) is 0 Å². The first-order valence-electron chi connectivity index (χ1n) is 12.0. The molecule has 0 fully saturated rings. The summed E-state index contributed by atoms with van der Waals surface area (Å²) in [5.41, 5.74) is 0.926. The smallest absolute Gasteiger partial charge is 0.333 e. The van der Waals surface area contributed by atoms with Gasteiger partial charge in [0.1, 0.15) is 5.82 Å². The highest BCUT2D eigenvalue weighted by molar-refractivity contribution is 6.04. The minimum atomic E-state index is -4.46. The number of hydrogen-bond donors (Lipinski definition) is 2. The summed E-state index contributed by atoms with van der Waals surface area (Å²) in [6, 6.07) is 10.1. The SMILES string of the molecule is CC1(C)CN(C(=O)c2cn[nH]c2)Cc2c(C(=O)Nc3cccc(F)c3)nn(Cc3ccc(C(F)(F)F)cc3)c21. The van der Waals surface area contributed by atoms with Crippen molar-refractivity contribution in [3.05, 3.63) is 100 Å². The molecule has 0 atom stereocenters. The van der Waals surface area contributed by atoms with Crippen molar-refractivity contribution in [3.63, 3.8) is 0 Å². The molecule has 1 aliphatic rings. The van der Waals surface area contributed by atoms with Crippen LogP contribution in [0.2, 0.25) is 0 Å². The molecule has 1 aliphatic heterocycles. The number of H-pyrrole nitrogens is 1. The van der Waals surface area contributed by atoms with E-state index in [2.05, 4.69) is 20.6 Å². The Morgan fingerprint density at radius 2 is 1.87 bits per heavy atom. The third kappa shape index (κ3) is 5.27. The van der Waals surface area contributed by atoms with Crippen molar-refractivity contribution >= 4 is 17.5 Å². The van der Waals surface area contributed by atoms with Gasteiger partial charge < -0.3 is 10.2 Å². The third-order valence-electron chi connectivity index (χ3n) is 6.57. The lowest BCUT2D eigenvalue weighted by Gasteiger charge is -2.38. The number of carbonyl (C=O) groups excluding carboxylic acids is 2. The minimum Gasteiger partial charge on any atom is -0.333 e. The molecule has 2 aromatic carbocycles. The molecule has 0 unspecified atom stereocenters. The molecule has 2 amide bonds. The number of hydrogen-bond acceptors (Lipinski definition) is 4. The van der Waals surface area contributed by atoms with Crippen molar-refractivity contribution in [1.29, 1.82) is 0 Å². The second-order valence-electron chi connectivity index (χ2n) is 10.0. The largest absolute Gasteiger partial charge is 0.416 e. The highest BCUT2D eigenvalue weighted by Crippen LogP contribution is 2.37. The monoisotopic (exact) mass is 540 g/mol. The molecule has 0 aliphatic carbocycles. The highest BCUT2D eigenvalue weighted by Gasteiger charge is 2.41. The Balaban J connectivity index is 1.54. The molecular formula is C27H24F4N6O2. The summed E-state index contributed by atoms with van der Waals surface area (Å²) in [7, 11) is 0. The Labute approximate surface area is 220 Å². The highest BCUT2D eigenvalue weighted by atomic mass is 19.4. The molecule has 202 valence electrons. The van der Waals surface area contributed by atoms with E-state index in [1.165, 1.54) is 48.8 Å². The van der Waals surface area contributed by atoms with Crippen LogP contribution in [0.4, 0.5) is 23.2 Å². The molecule has 0 bridgehead atoms. The van der Waals surface area contributed by atoms with Gasteiger partial charge in [0.15, 0.2) is 5.69 Å². The maximum atomic E-state index is 13.7. The van der Waals surface area contributed by atoms with Gasteiger partial charge in [0.05, 0.1) is 36.1 Å². The molecule has 39 heavy (non-hydrogen) atoms. The number of carbonyl (C=O) groups is 2. The van der Waals surface area contributed by atoms with Gasteiger partial charge in [-0.05, 0) is 35.9 Å². The van der Waals surface area contributed by atoms with Gasteiger partial charge in [0.2, 0.25) is 0 Å². The molecule has 0 saturated carbocycles. The van der Waals surface area contributed by atoms with Crippen LogP contribution in [0.5, 0.6) is 0 Å². The number of aromatic amines is 1. The van der Waals surface area contributed by atoms with Gasteiger partial charge >= 0.3 is 6.18 Å². The summed E-state index contributed by atoms with van der Waals surface area (Å²) in [6.45, 7) is 4.28. The lowest BCUT2D eigenvalue weighted by Crippen LogP contribution is -2.46. The molecule has 12 heteroatoms. The van der Waals surface area contributed by atoms with Gasteiger partial charge in [0, 0.05) is 29.4 Å². The number of nitrogens with one attached hydrogen (secondary N) is 2. The molecule has 0 radical (unpaired) electrons. The van der Waals surface area contributed by atoms with E-state index in [1.807, 2.05) is 13.8 Å². The van der Waals surface area contributed by atoms with Gasteiger partial charge in [-0.15, -0.1) is 0 Å². The zero-order chi connectivity index (χ0) is 27.9. The second kappa shape index (κ2) is 9.68. The fourth-order valence-corrected chi connectivity index (χ4v) is 4.92. The quantitative estimate of drug-likeness (QED) is 0.349. The molecule has 0 spiro atoms. The summed E-state index contributed by atoms with van der Waals surface area (Å²) in [4.78, 5) is 28.2. The molecular weight excluding hydrogens is 516 g/mol. The van der Waals surface area contributed by atoms with E-state index in [0.717, 1.165) is 12.1 Å². The number of fused-ring (bicyclic) bond motifs is 1. The van der Waals surface area contributed by atoms with Gasteiger partial charge in [-0.1, -0.05) is 32.0 Å². The van der Waals surface area contributed by atoms with Crippen LogP contribution in [-0.4, -0.2) is 43.2 Å². The number of anilines is 1. The summed E-state index contributed by atoms with van der Waals surface area (Å²) in [6.07, 6.45) is -1.56. The third-order valence-corrected chi connectivity index (χ3v) is 6.57. The number of alkyl halides is 3. The van der Waals surface area contributed by atoms with Gasteiger partial charge in [-0.3, -0.25) is 19.4 Å². The van der Waals surface area contributed by atoms with Gasteiger partial charge in [-0.2, -0.15) is 23.4 Å².